The van der Waals surface area contributed by atoms with E-state index in [1.807, 2.05) is 30.3 Å². The number of ether oxygens (including phenoxy) is 1. The van der Waals surface area contributed by atoms with Gasteiger partial charge in [-0.25, -0.2) is 4.79 Å². The van der Waals surface area contributed by atoms with Crippen molar-refractivity contribution < 1.29 is 19.1 Å². The third-order valence-electron chi connectivity index (χ3n) is 5.99. The monoisotopic (exact) mass is 580 g/mol. The topological polar surface area (TPSA) is 111 Å². The molecule has 2 aromatic heterocycles. The van der Waals surface area contributed by atoms with Crippen LogP contribution in [-0.4, -0.2) is 40.7 Å². The number of thiophene rings is 1. The first-order valence-electron chi connectivity index (χ1n) is 11.5. The summed E-state index contributed by atoms with van der Waals surface area (Å²) in [5.74, 6) is -1.78. The lowest BCUT2D eigenvalue weighted by atomic mass is 10.1. The first-order chi connectivity index (χ1) is 17.9. The second-order valence-corrected chi connectivity index (χ2v) is 10.1. The Balaban J connectivity index is 1.51. The molecule has 0 spiro atoms. The molecule has 2 aromatic carbocycles. The summed E-state index contributed by atoms with van der Waals surface area (Å²) in [6.45, 7) is 2.05. The molecule has 188 valence electrons. The van der Waals surface area contributed by atoms with Gasteiger partial charge in [0.05, 0.1) is 23.6 Å². The Labute approximate surface area is 223 Å². The molecular weight excluding hydrogens is 560 g/mol. The number of amides is 2. The number of hydrogen-bond donors (Lipinski definition) is 1. The number of rotatable bonds is 6. The number of hydrogen-bond acceptors (Lipinski definition) is 7. The lowest BCUT2D eigenvalue weighted by Gasteiger charge is -2.16. The molecule has 0 aliphatic carbocycles. The number of carbonyl (C=O) groups is 3. The van der Waals surface area contributed by atoms with E-state index >= 15 is 0 Å². The van der Waals surface area contributed by atoms with Crippen LogP contribution in [0.3, 0.4) is 0 Å². The Bertz CT molecular complexity index is 1570. The fourth-order valence-electron chi connectivity index (χ4n) is 4.20. The molecule has 1 atom stereocenters. The van der Waals surface area contributed by atoms with Gasteiger partial charge in [-0.15, -0.1) is 11.3 Å². The van der Waals surface area contributed by atoms with Crippen LogP contribution in [0.2, 0.25) is 0 Å². The van der Waals surface area contributed by atoms with Crippen molar-refractivity contribution in [2.24, 2.45) is 5.92 Å². The van der Waals surface area contributed by atoms with Crippen molar-refractivity contribution in [2.45, 2.75) is 13.3 Å². The number of anilines is 2. The van der Waals surface area contributed by atoms with Crippen LogP contribution in [-0.2, 0) is 14.3 Å². The average Bonchev–Trinajstić information content (AvgIpc) is 3.50. The maximum Gasteiger partial charge on any atom is 0.359 e. The third kappa shape index (κ3) is 4.79. The molecule has 3 heterocycles. The summed E-state index contributed by atoms with van der Waals surface area (Å²) in [6, 6.07) is 16.0. The number of esters is 1. The van der Waals surface area contributed by atoms with Gasteiger partial charge in [-0.1, -0.05) is 34.1 Å². The van der Waals surface area contributed by atoms with E-state index < -0.39 is 17.4 Å². The van der Waals surface area contributed by atoms with Crippen molar-refractivity contribution in [3.8, 4) is 5.69 Å². The van der Waals surface area contributed by atoms with Gasteiger partial charge in [0.15, 0.2) is 5.69 Å². The standard InChI is InChI=1S/C26H21BrN4O5S/c1-2-36-26(35)22-19-14-37-24(21(19)25(34)31(29-22)18-10-8-16(27)9-11-18)28-23(33)15-12-20(32)30(13-15)17-6-4-3-5-7-17/h3-11,14-15H,2,12-13H2,1H3,(H,28,33). The molecule has 37 heavy (non-hydrogen) atoms. The number of carbonyl (C=O) groups excluding carboxylic acids is 3. The van der Waals surface area contributed by atoms with E-state index in [0.717, 1.165) is 26.2 Å². The summed E-state index contributed by atoms with van der Waals surface area (Å²) in [5.41, 5.74) is 0.661. The van der Waals surface area contributed by atoms with Gasteiger partial charge in [0.25, 0.3) is 5.56 Å². The highest BCUT2D eigenvalue weighted by Gasteiger charge is 2.35. The second kappa shape index (κ2) is 10.3. The van der Waals surface area contributed by atoms with Crippen LogP contribution in [0.25, 0.3) is 16.5 Å². The molecule has 4 aromatic rings. The summed E-state index contributed by atoms with van der Waals surface area (Å²) < 4.78 is 7.11. The highest BCUT2D eigenvalue weighted by molar-refractivity contribution is 9.10. The SMILES string of the molecule is CCOC(=O)c1nn(-c2ccc(Br)cc2)c(=O)c2c(NC(=O)C3CC(=O)N(c4ccccc4)C3)scc12. The highest BCUT2D eigenvalue weighted by Crippen LogP contribution is 2.32. The Hall–Kier alpha value is -3.83. The Morgan fingerprint density at radius 1 is 1.11 bits per heavy atom. The smallest absolute Gasteiger partial charge is 0.359 e. The van der Waals surface area contributed by atoms with Crippen LogP contribution in [0.5, 0.6) is 0 Å². The zero-order valence-corrected chi connectivity index (χ0v) is 22.0. The average molecular weight is 581 g/mol. The predicted octanol–water partition coefficient (Wildman–Crippen LogP) is 4.38. The molecule has 5 rings (SSSR count). The van der Waals surface area contributed by atoms with Crippen molar-refractivity contribution in [1.82, 2.24) is 9.78 Å². The van der Waals surface area contributed by atoms with Crippen molar-refractivity contribution in [3.63, 3.8) is 0 Å². The molecule has 0 saturated carbocycles. The van der Waals surface area contributed by atoms with Gasteiger partial charge in [-0.3, -0.25) is 14.4 Å². The van der Waals surface area contributed by atoms with Gasteiger partial charge in [0, 0.05) is 33.9 Å². The van der Waals surface area contributed by atoms with E-state index in [4.69, 9.17) is 4.74 Å². The highest BCUT2D eigenvalue weighted by atomic mass is 79.9. The molecule has 9 nitrogen and oxygen atoms in total. The molecule has 11 heteroatoms. The number of fused-ring (bicyclic) bond motifs is 1. The maximum absolute atomic E-state index is 13.6. The van der Waals surface area contributed by atoms with E-state index in [9.17, 15) is 19.2 Å². The second-order valence-electron chi connectivity index (χ2n) is 8.35. The molecule has 0 radical (unpaired) electrons. The van der Waals surface area contributed by atoms with Gasteiger partial charge in [0.1, 0.15) is 5.00 Å². The number of halogens is 1. The van der Waals surface area contributed by atoms with Crippen LogP contribution in [0.15, 0.2) is 69.2 Å². The molecule has 1 aliphatic rings. The van der Waals surface area contributed by atoms with Gasteiger partial charge < -0.3 is 15.0 Å². The minimum Gasteiger partial charge on any atom is -0.461 e. The van der Waals surface area contributed by atoms with Crippen molar-refractivity contribution in [1.29, 1.82) is 0 Å². The Morgan fingerprint density at radius 2 is 1.84 bits per heavy atom. The summed E-state index contributed by atoms with van der Waals surface area (Å²) >= 11 is 4.49. The lowest BCUT2D eigenvalue weighted by molar-refractivity contribution is -0.122. The largest absolute Gasteiger partial charge is 0.461 e. The number of aromatic nitrogens is 2. The van der Waals surface area contributed by atoms with Crippen molar-refractivity contribution in [3.05, 3.63) is 80.5 Å². The molecule has 0 bridgehead atoms. The normalized spacial score (nSPS) is 15.2. The number of para-hydroxylation sites is 1. The lowest BCUT2D eigenvalue weighted by Crippen LogP contribution is -2.29. The molecule has 1 N–H and O–H groups in total. The third-order valence-corrected chi connectivity index (χ3v) is 7.42. The molecular formula is C26H21BrN4O5S. The summed E-state index contributed by atoms with van der Waals surface area (Å²) in [4.78, 5) is 53.7. The molecule has 1 saturated heterocycles. The molecule has 1 fully saturated rings. The Morgan fingerprint density at radius 3 is 2.54 bits per heavy atom. The van der Waals surface area contributed by atoms with Gasteiger partial charge >= 0.3 is 5.97 Å². The van der Waals surface area contributed by atoms with Gasteiger partial charge in [-0.05, 0) is 43.3 Å². The van der Waals surface area contributed by atoms with Crippen LogP contribution in [0.1, 0.15) is 23.8 Å². The molecule has 2 amide bonds. The number of nitrogens with one attached hydrogen (secondary N) is 1. The van der Waals surface area contributed by atoms with Crippen LogP contribution >= 0.6 is 27.3 Å². The van der Waals surface area contributed by atoms with Crippen molar-refractivity contribution in [2.75, 3.05) is 23.4 Å². The summed E-state index contributed by atoms with van der Waals surface area (Å²) in [6.07, 6.45) is 0.0583. The first-order valence-corrected chi connectivity index (χ1v) is 13.2. The van der Waals surface area contributed by atoms with E-state index in [-0.39, 0.29) is 47.5 Å². The molecule has 1 unspecified atom stereocenters. The van der Waals surface area contributed by atoms with Crippen LogP contribution < -0.4 is 15.8 Å². The van der Waals surface area contributed by atoms with Crippen molar-refractivity contribution >= 4 is 66.5 Å². The minimum absolute atomic E-state index is 0.0255. The zero-order chi connectivity index (χ0) is 26.1. The van der Waals surface area contributed by atoms with Gasteiger partial charge in [-0.2, -0.15) is 9.78 Å². The van der Waals surface area contributed by atoms with Gasteiger partial charge in [0.2, 0.25) is 11.8 Å². The Kier molecular flexibility index (Phi) is 6.90. The summed E-state index contributed by atoms with van der Waals surface area (Å²) in [5, 5.41) is 9.47. The van der Waals surface area contributed by atoms with E-state index in [1.165, 1.54) is 0 Å². The van der Waals surface area contributed by atoms with E-state index in [0.29, 0.717) is 11.1 Å². The molecule has 1 aliphatic heterocycles. The van der Waals surface area contributed by atoms with E-state index in [1.54, 1.807) is 41.5 Å². The fourth-order valence-corrected chi connectivity index (χ4v) is 5.41. The maximum atomic E-state index is 13.6. The summed E-state index contributed by atoms with van der Waals surface area (Å²) in [7, 11) is 0. The quantitative estimate of drug-likeness (QED) is 0.339. The van der Waals surface area contributed by atoms with Crippen LogP contribution in [0.4, 0.5) is 10.7 Å². The van der Waals surface area contributed by atoms with E-state index in [2.05, 4.69) is 26.3 Å². The number of nitrogens with zero attached hydrogens (tertiary/aromatic N) is 3. The first kappa shape index (κ1) is 24.8. The van der Waals surface area contributed by atoms with Crippen LogP contribution in [0, 0.1) is 5.92 Å². The predicted molar refractivity (Wildman–Crippen MR) is 144 cm³/mol. The zero-order valence-electron chi connectivity index (χ0n) is 19.6. The minimum atomic E-state index is -0.672. The fraction of sp³-hybridized carbons (Fsp3) is 0.192. The number of benzene rings is 2.